The number of pyridine rings is 2. The molecule has 0 aromatic carbocycles. The Labute approximate surface area is 211 Å². The van der Waals surface area contributed by atoms with Gasteiger partial charge in [-0.15, -0.1) is 0 Å². The highest BCUT2D eigenvalue weighted by Gasteiger charge is 2.39. The van der Waals surface area contributed by atoms with Gasteiger partial charge in [0.2, 0.25) is 5.95 Å². The van der Waals surface area contributed by atoms with Crippen LogP contribution in [0.25, 0.3) is 10.8 Å². The summed E-state index contributed by atoms with van der Waals surface area (Å²) in [5.74, 6) is 2.96. The first-order chi connectivity index (χ1) is 17.2. The predicted octanol–water partition coefficient (Wildman–Crippen LogP) is 3.69. The first kappa shape index (κ1) is 24.6. The molecule has 0 bridgehead atoms. The van der Waals surface area contributed by atoms with Gasteiger partial charge in [0.1, 0.15) is 17.5 Å². The fourth-order valence-electron chi connectivity index (χ4n) is 5.07. The molecule has 2 saturated heterocycles. The molecule has 5 rings (SSSR count). The average Bonchev–Trinajstić information content (AvgIpc) is 2.85. The normalized spacial score (nSPS) is 23.5. The van der Waals surface area contributed by atoms with Crippen molar-refractivity contribution in [3.8, 4) is 0 Å². The summed E-state index contributed by atoms with van der Waals surface area (Å²) in [6.07, 6.45) is 6.00. The number of halogens is 1. The number of alkyl halides is 1. The third-order valence-electron chi connectivity index (χ3n) is 7.13. The third kappa shape index (κ3) is 4.92. The number of rotatable bonds is 5. The molecule has 36 heavy (non-hydrogen) atoms. The summed E-state index contributed by atoms with van der Waals surface area (Å²) in [6, 6.07) is 3.83. The zero-order chi connectivity index (χ0) is 25.4. The van der Waals surface area contributed by atoms with Crippen molar-refractivity contribution in [1.82, 2.24) is 24.8 Å². The lowest BCUT2D eigenvalue weighted by Gasteiger charge is -2.38. The largest absolute Gasteiger partial charge is 0.390 e. The van der Waals surface area contributed by atoms with E-state index in [1.165, 1.54) is 12.5 Å². The maximum absolute atomic E-state index is 14.7. The SMILES string of the molecule is CC(C)c1cnc(N2CCCN(C)C2)c2cnc(Nc3ccnc(N4CC[C@@H](O)[C@@](C)(F)C4)n3)cc12. The molecule has 9 nitrogen and oxygen atoms in total. The van der Waals surface area contributed by atoms with Crippen molar-refractivity contribution in [1.29, 1.82) is 0 Å². The second-order valence-corrected chi connectivity index (χ2v) is 10.5. The number of aliphatic hydroxyl groups excluding tert-OH is 1. The number of hydrogen-bond donors (Lipinski definition) is 2. The van der Waals surface area contributed by atoms with E-state index in [-0.39, 0.29) is 6.54 Å². The lowest BCUT2D eigenvalue weighted by atomic mass is 9.94. The summed E-state index contributed by atoms with van der Waals surface area (Å²) in [6.45, 7) is 9.21. The molecular formula is C26H35FN8O. The van der Waals surface area contributed by atoms with Crippen molar-refractivity contribution in [2.45, 2.75) is 51.3 Å². The minimum absolute atomic E-state index is 0.0467. The van der Waals surface area contributed by atoms with Crippen LogP contribution < -0.4 is 15.1 Å². The highest BCUT2D eigenvalue weighted by atomic mass is 19.1. The van der Waals surface area contributed by atoms with Crippen LogP contribution in [0.3, 0.4) is 0 Å². The van der Waals surface area contributed by atoms with Gasteiger partial charge >= 0.3 is 0 Å². The highest BCUT2D eigenvalue weighted by molar-refractivity contribution is 5.95. The van der Waals surface area contributed by atoms with Gasteiger partial charge in [-0.2, -0.15) is 4.98 Å². The lowest BCUT2D eigenvalue weighted by molar-refractivity contribution is -0.00860. The van der Waals surface area contributed by atoms with Gasteiger partial charge in [-0.25, -0.2) is 19.3 Å². The molecule has 0 unspecified atom stereocenters. The number of piperidine rings is 1. The lowest BCUT2D eigenvalue weighted by Crippen LogP contribution is -2.52. The Kier molecular flexibility index (Phi) is 6.65. The summed E-state index contributed by atoms with van der Waals surface area (Å²) in [4.78, 5) is 24.9. The molecule has 0 aliphatic carbocycles. The number of anilines is 4. The van der Waals surface area contributed by atoms with Crippen LogP contribution in [0, 0.1) is 0 Å². The summed E-state index contributed by atoms with van der Waals surface area (Å²) in [7, 11) is 2.13. The summed E-state index contributed by atoms with van der Waals surface area (Å²) < 4.78 is 14.7. The van der Waals surface area contributed by atoms with Gasteiger partial charge in [0, 0.05) is 43.6 Å². The smallest absolute Gasteiger partial charge is 0.227 e. The summed E-state index contributed by atoms with van der Waals surface area (Å²) in [5, 5.41) is 15.4. The van der Waals surface area contributed by atoms with E-state index in [1.807, 2.05) is 12.4 Å². The van der Waals surface area contributed by atoms with Crippen LogP contribution in [-0.2, 0) is 0 Å². The van der Waals surface area contributed by atoms with Crippen LogP contribution in [0.4, 0.5) is 27.8 Å². The quantitative estimate of drug-likeness (QED) is 0.551. The topological polar surface area (TPSA) is 93.5 Å². The molecule has 0 saturated carbocycles. The van der Waals surface area contributed by atoms with Crippen molar-refractivity contribution in [3.63, 3.8) is 0 Å². The Balaban J connectivity index is 1.44. The van der Waals surface area contributed by atoms with Gasteiger partial charge in [-0.05, 0) is 55.8 Å². The maximum atomic E-state index is 14.7. The summed E-state index contributed by atoms with van der Waals surface area (Å²) in [5.41, 5.74) is -0.533. The maximum Gasteiger partial charge on any atom is 0.227 e. The molecule has 3 aromatic rings. The van der Waals surface area contributed by atoms with E-state index in [0.717, 1.165) is 42.8 Å². The van der Waals surface area contributed by atoms with Gasteiger partial charge in [0.15, 0.2) is 5.67 Å². The number of fused-ring (bicyclic) bond motifs is 1. The fraction of sp³-hybridized carbons (Fsp3) is 0.538. The second-order valence-electron chi connectivity index (χ2n) is 10.5. The summed E-state index contributed by atoms with van der Waals surface area (Å²) >= 11 is 0. The third-order valence-corrected chi connectivity index (χ3v) is 7.13. The van der Waals surface area contributed by atoms with Crippen LogP contribution in [0.2, 0.25) is 0 Å². The Hall–Kier alpha value is -3.11. The number of aromatic nitrogens is 4. The zero-order valence-corrected chi connectivity index (χ0v) is 21.4. The molecule has 5 heterocycles. The Morgan fingerprint density at radius 3 is 2.67 bits per heavy atom. The van der Waals surface area contributed by atoms with E-state index in [4.69, 9.17) is 9.97 Å². The molecule has 2 atom stereocenters. The standard InChI is InChI=1S/C26H35FN8O/c1-17(2)19-13-30-24(35-10-5-9-33(4)16-35)20-14-29-23(12-18(19)20)31-22-6-8-28-25(32-22)34-11-7-21(36)26(3,27)15-34/h6,8,12-14,17,21,36H,5,7,9-11,15-16H2,1-4H3,(H,28,29,31,32)/t21-,26+/m1/s1. The van der Waals surface area contributed by atoms with E-state index < -0.39 is 11.8 Å². The van der Waals surface area contributed by atoms with Gasteiger partial charge in [0.25, 0.3) is 0 Å². The first-order valence-corrected chi connectivity index (χ1v) is 12.7. The van der Waals surface area contributed by atoms with Crippen molar-refractivity contribution < 1.29 is 9.50 Å². The molecule has 2 fully saturated rings. The molecule has 2 aliphatic heterocycles. The van der Waals surface area contributed by atoms with E-state index in [2.05, 4.69) is 52.0 Å². The van der Waals surface area contributed by atoms with Crippen molar-refractivity contribution in [3.05, 3.63) is 36.3 Å². The second kappa shape index (κ2) is 9.74. The molecule has 0 spiro atoms. The average molecular weight is 495 g/mol. The van der Waals surface area contributed by atoms with Crippen molar-refractivity contribution >= 4 is 34.2 Å². The van der Waals surface area contributed by atoms with Crippen LogP contribution >= 0.6 is 0 Å². The molecule has 192 valence electrons. The monoisotopic (exact) mass is 494 g/mol. The number of nitrogens with one attached hydrogen (secondary N) is 1. The van der Waals surface area contributed by atoms with Gasteiger partial charge in [-0.3, -0.25) is 4.90 Å². The number of aliphatic hydroxyl groups is 1. The van der Waals surface area contributed by atoms with Crippen LogP contribution in [0.5, 0.6) is 0 Å². The van der Waals surface area contributed by atoms with Gasteiger partial charge in [-0.1, -0.05) is 13.8 Å². The molecule has 10 heteroatoms. The molecule has 0 radical (unpaired) electrons. The Morgan fingerprint density at radius 2 is 1.92 bits per heavy atom. The first-order valence-electron chi connectivity index (χ1n) is 12.7. The van der Waals surface area contributed by atoms with Crippen LogP contribution in [0.15, 0.2) is 30.7 Å². The van der Waals surface area contributed by atoms with Gasteiger partial charge in [0.05, 0.1) is 19.3 Å². The van der Waals surface area contributed by atoms with E-state index in [0.29, 0.717) is 36.5 Å². The molecular weight excluding hydrogens is 459 g/mol. The van der Waals surface area contributed by atoms with E-state index in [1.54, 1.807) is 17.2 Å². The zero-order valence-electron chi connectivity index (χ0n) is 21.4. The number of nitrogens with zero attached hydrogens (tertiary/aromatic N) is 7. The van der Waals surface area contributed by atoms with E-state index in [9.17, 15) is 9.50 Å². The van der Waals surface area contributed by atoms with Crippen LogP contribution in [0.1, 0.15) is 45.1 Å². The molecule has 2 aliphatic rings. The molecule has 0 amide bonds. The fourth-order valence-corrected chi connectivity index (χ4v) is 5.07. The minimum Gasteiger partial charge on any atom is -0.390 e. The van der Waals surface area contributed by atoms with Crippen molar-refractivity contribution in [2.24, 2.45) is 0 Å². The number of hydrogen-bond acceptors (Lipinski definition) is 9. The van der Waals surface area contributed by atoms with E-state index >= 15 is 0 Å². The van der Waals surface area contributed by atoms with Gasteiger partial charge < -0.3 is 20.2 Å². The Morgan fingerprint density at radius 1 is 1.08 bits per heavy atom. The van der Waals surface area contributed by atoms with Crippen LogP contribution in [-0.4, -0.2) is 81.6 Å². The minimum atomic E-state index is -1.70. The molecule has 2 N–H and O–H groups in total. The molecule has 3 aromatic heterocycles. The predicted molar refractivity (Wildman–Crippen MR) is 141 cm³/mol. The Bertz CT molecular complexity index is 1240. The highest BCUT2D eigenvalue weighted by Crippen LogP contribution is 2.33. The van der Waals surface area contributed by atoms with Crippen molar-refractivity contribution in [2.75, 3.05) is 55.0 Å².